The van der Waals surface area contributed by atoms with Crippen LogP contribution in [0.1, 0.15) is 18.9 Å². The maximum absolute atomic E-state index is 6.00. The van der Waals surface area contributed by atoms with Gasteiger partial charge >= 0.3 is 0 Å². The number of rotatable bonds is 3. The van der Waals surface area contributed by atoms with Gasteiger partial charge in [0.2, 0.25) is 0 Å². The summed E-state index contributed by atoms with van der Waals surface area (Å²) >= 11 is 0. The Morgan fingerprint density at radius 1 is 1.38 bits per heavy atom. The van der Waals surface area contributed by atoms with E-state index in [9.17, 15) is 0 Å². The molecule has 86 valence electrons. The van der Waals surface area contributed by atoms with Crippen molar-refractivity contribution in [3.8, 4) is 11.4 Å². The highest BCUT2D eigenvalue weighted by Gasteiger charge is 2.16. The van der Waals surface area contributed by atoms with Crippen LogP contribution in [0.25, 0.3) is 11.4 Å². The van der Waals surface area contributed by atoms with Crippen molar-refractivity contribution in [2.45, 2.75) is 19.8 Å². The van der Waals surface area contributed by atoms with Crippen LogP contribution in [0.3, 0.4) is 0 Å². The molecule has 16 heavy (non-hydrogen) atoms. The molecular formula is C11H17N5. The zero-order valence-electron chi connectivity index (χ0n) is 9.94. The fourth-order valence-electron chi connectivity index (χ4n) is 1.82. The lowest BCUT2D eigenvalue weighted by molar-refractivity contribution is 0.780. The van der Waals surface area contributed by atoms with Crippen LogP contribution in [0.5, 0.6) is 0 Å². The SMILES string of the molecule is CCCc1c(-c2cn(C)cn2)nn(C)c1N. The third-order valence-corrected chi connectivity index (χ3v) is 2.64. The molecule has 0 aromatic carbocycles. The molecule has 0 spiro atoms. The average molecular weight is 219 g/mol. The van der Waals surface area contributed by atoms with Gasteiger partial charge in [-0.1, -0.05) is 13.3 Å². The lowest BCUT2D eigenvalue weighted by atomic mass is 10.1. The van der Waals surface area contributed by atoms with Crippen molar-refractivity contribution in [2.75, 3.05) is 5.73 Å². The molecule has 2 rings (SSSR count). The Bertz CT molecular complexity index is 494. The second-order valence-electron chi connectivity index (χ2n) is 4.01. The lowest BCUT2D eigenvalue weighted by Gasteiger charge is -1.99. The maximum Gasteiger partial charge on any atom is 0.125 e. The van der Waals surface area contributed by atoms with E-state index in [1.165, 1.54) is 0 Å². The van der Waals surface area contributed by atoms with Crippen molar-refractivity contribution in [1.29, 1.82) is 0 Å². The summed E-state index contributed by atoms with van der Waals surface area (Å²) in [6.45, 7) is 2.13. The molecular weight excluding hydrogens is 202 g/mol. The first-order valence-corrected chi connectivity index (χ1v) is 5.43. The first-order valence-electron chi connectivity index (χ1n) is 5.43. The van der Waals surface area contributed by atoms with Gasteiger partial charge in [0.1, 0.15) is 17.2 Å². The molecule has 0 aliphatic carbocycles. The highest BCUT2D eigenvalue weighted by molar-refractivity contribution is 5.64. The van der Waals surface area contributed by atoms with Crippen molar-refractivity contribution in [2.24, 2.45) is 14.1 Å². The summed E-state index contributed by atoms with van der Waals surface area (Å²) in [5.41, 5.74) is 8.89. The van der Waals surface area contributed by atoms with E-state index in [0.29, 0.717) is 0 Å². The van der Waals surface area contributed by atoms with Gasteiger partial charge in [0.05, 0.1) is 6.33 Å². The van der Waals surface area contributed by atoms with E-state index in [2.05, 4.69) is 17.0 Å². The highest BCUT2D eigenvalue weighted by atomic mass is 15.3. The van der Waals surface area contributed by atoms with Gasteiger partial charge in [-0.05, 0) is 6.42 Å². The second-order valence-corrected chi connectivity index (χ2v) is 4.01. The van der Waals surface area contributed by atoms with E-state index in [1.54, 1.807) is 11.0 Å². The zero-order chi connectivity index (χ0) is 11.7. The van der Waals surface area contributed by atoms with Crippen molar-refractivity contribution >= 4 is 5.82 Å². The Hall–Kier alpha value is -1.78. The van der Waals surface area contributed by atoms with Gasteiger partial charge < -0.3 is 10.3 Å². The van der Waals surface area contributed by atoms with Crippen LogP contribution in [0, 0.1) is 0 Å². The van der Waals surface area contributed by atoms with Gasteiger partial charge in [0.25, 0.3) is 0 Å². The van der Waals surface area contributed by atoms with Crippen molar-refractivity contribution in [3.63, 3.8) is 0 Å². The number of imidazole rings is 1. The first kappa shape index (κ1) is 10.7. The molecule has 2 aromatic heterocycles. The lowest BCUT2D eigenvalue weighted by Crippen LogP contribution is -1.99. The minimum absolute atomic E-state index is 0.738. The summed E-state index contributed by atoms with van der Waals surface area (Å²) in [6, 6.07) is 0. The van der Waals surface area contributed by atoms with Crippen LogP contribution in [-0.2, 0) is 20.5 Å². The number of nitrogen functional groups attached to an aromatic ring is 1. The number of anilines is 1. The standard InChI is InChI=1S/C11H17N5/c1-4-5-8-10(14-16(3)11(8)12)9-6-15(2)7-13-9/h6-7H,4-5,12H2,1-3H3. The zero-order valence-corrected chi connectivity index (χ0v) is 9.94. The van der Waals surface area contributed by atoms with Crippen LogP contribution in [-0.4, -0.2) is 19.3 Å². The Balaban J connectivity index is 2.51. The van der Waals surface area contributed by atoms with Crippen LogP contribution in [0.15, 0.2) is 12.5 Å². The van der Waals surface area contributed by atoms with Crippen molar-refractivity contribution in [1.82, 2.24) is 19.3 Å². The molecule has 0 aliphatic heterocycles. The summed E-state index contributed by atoms with van der Waals surface area (Å²) in [5, 5.41) is 4.43. The van der Waals surface area contributed by atoms with E-state index >= 15 is 0 Å². The van der Waals surface area contributed by atoms with Crippen molar-refractivity contribution in [3.05, 3.63) is 18.1 Å². The van der Waals surface area contributed by atoms with Gasteiger partial charge in [-0.2, -0.15) is 5.10 Å². The van der Waals surface area contributed by atoms with Crippen molar-refractivity contribution < 1.29 is 0 Å². The third kappa shape index (κ3) is 1.68. The molecule has 5 heteroatoms. The molecule has 0 aliphatic rings. The topological polar surface area (TPSA) is 61.7 Å². The molecule has 0 saturated carbocycles. The molecule has 0 unspecified atom stereocenters. The Morgan fingerprint density at radius 2 is 2.12 bits per heavy atom. The van der Waals surface area contributed by atoms with E-state index in [-0.39, 0.29) is 0 Å². The van der Waals surface area contributed by atoms with Gasteiger partial charge in [0, 0.05) is 25.9 Å². The molecule has 0 atom stereocenters. The predicted molar refractivity (Wildman–Crippen MR) is 63.8 cm³/mol. The minimum atomic E-state index is 0.738. The molecule has 0 radical (unpaired) electrons. The van der Waals surface area contributed by atoms with Crippen LogP contribution in [0.4, 0.5) is 5.82 Å². The number of hydrogen-bond donors (Lipinski definition) is 1. The van der Waals surface area contributed by atoms with E-state index in [1.807, 2.05) is 24.9 Å². The molecule has 0 saturated heterocycles. The second kappa shape index (κ2) is 4.00. The molecule has 0 amide bonds. The van der Waals surface area contributed by atoms with Crippen LogP contribution in [0.2, 0.25) is 0 Å². The number of aromatic nitrogens is 4. The fourth-order valence-corrected chi connectivity index (χ4v) is 1.82. The summed E-state index contributed by atoms with van der Waals surface area (Å²) < 4.78 is 3.63. The molecule has 0 bridgehead atoms. The highest BCUT2D eigenvalue weighted by Crippen LogP contribution is 2.26. The summed E-state index contributed by atoms with van der Waals surface area (Å²) in [7, 11) is 3.81. The summed E-state index contributed by atoms with van der Waals surface area (Å²) in [6.07, 6.45) is 5.72. The van der Waals surface area contributed by atoms with E-state index < -0.39 is 0 Å². The maximum atomic E-state index is 6.00. The number of nitrogens with two attached hydrogens (primary N) is 1. The number of hydrogen-bond acceptors (Lipinski definition) is 3. The minimum Gasteiger partial charge on any atom is -0.384 e. The Labute approximate surface area is 94.9 Å². The molecule has 5 nitrogen and oxygen atoms in total. The number of nitrogens with zero attached hydrogens (tertiary/aromatic N) is 4. The van der Waals surface area contributed by atoms with Gasteiger partial charge in [0.15, 0.2) is 0 Å². The van der Waals surface area contributed by atoms with Gasteiger partial charge in [-0.3, -0.25) is 4.68 Å². The largest absolute Gasteiger partial charge is 0.384 e. The molecule has 2 heterocycles. The van der Waals surface area contributed by atoms with E-state index in [4.69, 9.17) is 5.73 Å². The first-order chi connectivity index (χ1) is 7.63. The predicted octanol–water partition coefficient (Wildman–Crippen LogP) is 1.36. The van der Waals surface area contributed by atoms with E-state index in [0.717, 1.165) is 35.6 Å². The third-order valence-electron chi connectivity index (χ3n) is 2.64. The molecule has 0 fully saturated rings. The number of aryl methyl sites for hydroxylation is 2. The summed E-state index contributed by atoms with van der Waals surface area (Å²) in [5.74, 6) is 0.738. The quantitative estimate of drug-likeness (QED) is 0.847. The van der Waals surface area contributed by atoms with Gasteiger partial charge in [-0.15, -0.1) is 0 Å². The summed E-state index contributed by atoms with van der Waals surface area (Å²) in [4.78, 5) is 4.31. The Morgan fingerprint density at radius 3 is 2.69 bits per heavy atom. The van der Waals surface area contributed by atoms with Crippen LogP contribution >= 0.6 is 0 Å². The van der Waals surface area contributed by atoms with Gasteiger partial charge in [-0.25, -0.2) is 4.98 Å². The fraction of sp³-hybridized carbons (Fsp3) is 0.455. The monoisotopic (exact) mass is 219 g/mol. The molecule has 2 N–H and O–H groups in total. The smallest absolute Gasteiger partial charge is 0.125 e. The Kier molecular flexibility index (Phi) is 2.68. The van der Waals surface area contributed by atoms with Crippen LogP contribution < -0.4 is 5.73 Å². The normalized spacial score (nSPS) is 10.9. The average Bonchev–Trinajstić information content (AvgIpc) is 2.78. The molecule has 2 aromatic rings.